The minimum atomic E-state index is -0.156. The van der Waals surface area contributed by atoms with Crippen molar-refractivity contribution >= 4 is 5.91 Å². The van der Waals surface area contributed by atoms with Crippen molar-refractivity contribution in [1.29, 1.82) is 0 Å². The Balaban J connectivity index is 1.83. The molecule has 6 nitrogen and oxygen atoms in total. The Morgan fingerprint density at radius 2 is 2.17 bits per heavy atom. The summed E-state index contributed by atoms with van der Waals surface area (Å²) in [5, 5.41) is 0. The van der Waals surface area contributed by atoms with Gasteiger partial charge < -0.3 is 23.5 Å². The summed E-state index contributed by atoms with van der Waals surface area (Å²) < 4.78 is 21.9. The average molecular weight is 331 g/mol. The summed E-state index contributed by atoms with van der Waals surface area (Å²) in [5.74, 6) is 1.87. The molecule has 6 heteroatoms. The Morgan fingerprint density at radius 1 is 1.29 bits per heavy atom. The highest BCUT2D eigenvalue weighted by Gasteiger charge is 2.24. The van der Waals surface area contributed by atoms with Crippen LogP contribution < -0.4 is 14.2 Å². The summed E-state index contributed by atoms with van der Waals surface area (Å²) in [5.41, 5.74) is 0.916. The number of fused-ring (bicyclic) bond motifs is 1. The minimum Gasteiger partial charge on any atom is -0.493 e. The number of methoxy groups -OCH3 is 1. The largest absolute Gasteiger partial charge is 0.493 e. The van der Waals surface area contributed by atoms with Gasteiger partial charge in [0.05, 0.1) is 20.3 Å². The summed E-state index contributed by atoms with van der Waals surface area (Å²) in [6.07, 6.45) is 0.738. The maximum Gasteiger partial charge on any atom is 0.290 e. The van der Waals surface area contributed by atoms with Gasteiger partial charge in [-0.2, -0.15) is 0 Å². The molecule has 0 radical (unpaired) electrons. The van der Waals surface area contributed by atoms with Crippen LogP contribution in [0.15, 0.2) is 34.7 Å². The topological polar surface area (TPSA) is 61.1 Å². The molecule has 3 rings (SSSR count). The molecule has 0 N–H and O–H groups in total. The molecule has 0 spiro atoms. The quantitative estimate of drug-likeness (QED) is 0.861. The van der Waals surface area contributed by atoms with Crippen LogP contribution in [0.3, 0.4) is 0 Å². The van der Waals surface area contributed by atoms with Crippen LogP contribution in [0.5, 0.6) is 17.4 Å². The van der Waals surface area contributed by atoms with E-state index in [1.807, 2.05) is 25.1 Å². The Hall–Kier alpha value is -2.63. The molecule has 0 unspecified atom stereocenters. The molecule has 128 valence electrons. The van der Waals surface area contributed by atoms with Gasteiger partial charge in [0.25, 0.3) is 11.9 Å². The lowest BCUT2D eigenvalue weighted by Crippen LogP contribution is -2.33. The fraction of sp³-hybridized carbons (Fsp3) is 0.389. The normalized spacial score (nSPS) is 14.2. The first-order valence-corrected chi connectivity index (χ1v) is 8.03. The first-order valence-electron chi connectivity index (χ1n) is 8.03. The van der Waals surface area contributed by atoms with Gasteiger partial charge in [-0.25, -0.2) is 0 Å². The van der Waals surface area contributed by atoms with Crippen molar-refractivity contribution in [2.24, 2.45) is 0 Å². The number of benzene rings is 1. The minimum absolute atomic E-state index is 0.156. The second-order valence-electron chi connectivity index (χ2n) is 5.43. The smallest absolute Gasteiger partial charge is 0.290 e. The third-order valence-corrected chi connectivity index (χ3v) is 3.83. The van der Waals surface area contributed by atoms with Gasteiger partial charge in [0.15, 0.2) is 17.3 Å². The Bertz CT molecular complexity index is 709. The van der Waals surface area contributed by atoms with Crippen molar-refractivity contribution in [3.05, 3.63) is 41.7 Å². The number of ether oxygens (including phenoxy) is 3. The van der Waals surface area contributed by atoms with E-state index in [4.69, 9.17) is 18.6 Å². The van der Waals surface area contributed by atoms with Gasteiger partial charge in [0.1, 0.15) is 0 Å². The van der Waals surface area contributed by atoms with E-state index in [0.717, 1.165) is 12.0 Å². The van der Waals surface area contributed by atoms with Crippen molar-refractivity contribution in [1.82, 2.24) is 4.90 Å². The number of carbonyl (C=O) groups excluding carboxylic acids is 1. The van der Waals surface area contributed by atoms with E-state index in [0.29, 0.717) is 43.7 Å². The maximum absolute atomic E-state index is 12.8. The van der Waals surface area contributed by atoms with Crippen molar-refractivity contribution in [2.45, 2.75) is 19.9 Å². The third-order valence-electron chi connectivity index (χ3n) is 3.83. The van der Waals surface area contributed by atoms with Crippen LogP contribution >= 0.6 is 0 Å². The standard InChI is InChI=1S/C18H21NO5/c1-3-22-16-9-8-15(24-16)18(20)19-10-5-11-23-17-13(12-19)6-4-7-14(17)21-2/h4,6-9H,3,5,10-12H2,1-2H3. The fourth-order valence-electron chi connectivity index (χ4n) is 2.71. The van der Waals surface area contributed by atoms with E-state index in [9.17, 15) is 4.79 Å². The van der Waals surface area contributed by atoms with Gasteiger partial charge in [0.2, 0.25) is 0 Å². The zero-order valence-electron chi connectivity index (χ0n) is 13.9. The first kappa shape index (κ1) is 16.2. The number of carbonyl (C=O) groups is 1. The van der Waals surface area contributed by atoms with Gasteiger partial charge in [-0.15, -0.1) is 0 Å². The molecular formula is C18H21NO5. The molecule has 0 aliphatic carbocycles. The lowest BCUT2D eigenvalue weighted by molar-refractivity contribution is 0.0681. The Labute approximate surface area is 140 Å². The van der Waals surface area contributed by atoms with Gasteiger partial charge in [0, 0.05) is 24.7 Å². The first-order chi connectivity index (χ1) is 11.7. The molecule has 1 aliphatic heterocycles. The zero-order valence-corrected chi connectivity index (χ0v) is 13.9. The molecule has 0 saturated carbocycles. The number of amides is 1. The molecule has 1 amide bonds. The van der Waals surface area contributed by atoms with Gasteiger partial charge in [-0.1, -0.05) is 12.1 Å². The summed E-state index contributed by atoms with van der Waals surface area (Å²) >= 11 is 0. The number of hydrogen-bond acceptors (Lipinski definition) is 5. The monoisotopic (exact) mass is 331 g/mol. The zero-order chi connectivity index (χ0) is 16.9. The third kappa shape index (κ3) is 3.32. The Kier molecular flexibility index (Phi) is 4.93. The molecule has 0 saturated heterocycles. The highest BCUT2D eigenvalue weighted by Crippen LogP contribution is 2.33. The Morgan fingerprint density at radius 3 is 2.96 bits per heavy atom. The lowest BCUT2D eigenvalue weighted by atomic mass is 10.1. The molecule has 2 heterocycles. The summed E-state index contributed by atoms with van der Waals surface area (Å²) in [6.45, 7) is 3.93. The van der Waals surface area contributed by atoms with Gasteiger partial charge in [-0.3, -0.25) is 4.79 Å². The predicted molar refractivity (Wildman–Crippen MR) is 87.7 cm³/mol. The van der Waals surface area contributed by atoms with E-state index in [2.05, 4.69) is 0 Å². The second-order valence-corrected chi connectivity index (χ2v) is 5.43. The van der Waals surface area contributed by atoms with E-state index < -0.39 is 0 Å². The van der Waals surface area contributed by atoms with Crippen LogP contribution in [0.1, 0.15) is 29.5 Å². The number of nitrogens with zero attached hydrogens (tertiary/aromatic N) is 1. The molecule has 1 aromatic carbocycles. The molecular weight excluding hydrogens is 310 g/mol. The second kappa shape index (κ2) is 7.29. The number of furan rings is 1. The predicted octanol–water partition coefficient (Wildman–Crippen LogP) is 3.11. The van der Waals surface area contributed by atoms with Crippen LogP contribution in [-0.2, 0) is 6.54 Å². The van der Waals surface area contributed by atoms with Crippen LogP contribution in [-0.4, -0.2) is 37.7 Å². The number of para-hydroxylation sites is 1. The van der Waals surface area contributed by atoms with Gasteiger partial charge in [-0.05, 0) is 25.5 Å². The van der Waals surface area contributed by atoms with E-state index in [-0.39, 0.29) is 11.7 Å². The van der Waals surface area contributed by atoms with Crippen LogP contribution in [0.25, 0.3) is 0 Å². The van der Waals surface area contributed by atoms with Crippen molar-refractivity contribution < 1.29 is 23.4 Å². The molecule has 1 aliphatic rings. The molecule has 0 bridgehead atoms. The highest BCUT2D eigenvalue weighted by atomic mass is 16.6. The van der Waals surface area contributed by atoms with E-state index in [1.165, 1.54) is 0 Å². The summed E-state index contributed by atoms with van der Waals surface area (Å²) in [7, 11) is 1.61. The van der Waals surface area contributed by atoms with Gasteiger partial charge >= 0.3 is 0 Å². The van der Waals surface area contributed by atoms with E-state index in [1.54, 1.807) is 24.1 Å². The molecule has 0 fully saturated rings. The molecule has 2 aromatic rings. The van der Waals surface area contributed by atoms with E-state index >= 15 is 0 Å². The number of rotatable bonds is 4. The SMILES string of the molecule is CCOc1ccc(C(=O)N2CCCOc3c(cccc3OC)C2)o1. The van der Waals surface area contributed by atoms with Crippen LogP contribution in [0, 0.1) is 0 Å². The number of hydrogen-bond donors (Lipinski definition) is 0. The van der Waals surface area contributed by atoms with Crippen LogP contribution in [0.2, 0.25) is 0 Å². The summed E-state index contributed by atoms with van der Waals surface area (Å²) in [4.78, 5) is 14.5. The molecule has 0 atom stereocenters. The fourth-order valence-corrected chi connectivity index (χ4v) is 2.71. The highest BCUT2D eigenvalue weighted by molar-refractivity contribution is 5.91. The molecule has 1 aromatic heterocycles. The average Bonchev–Trinajstić information content (AvgIpc) is 3.03. The van der Waals surface area contributed by atoms with Crippen molar-refractivity contribution in [2.75, 3.05) is 26.9 Å². The molecule has 24 heavy (non-hydrogen) atoms. The maximum atomic E-state index is 12.8. The van der Waals surface area contributed by atoms with Crippen molar-refractivity contribution in [3.8, 4) is 17.4 Å². The van der Waals surface area contributed by atoms with Crippen molar-refractivity contribution in [3.63, 3.8) is 0 Å². The van der Waals surface area contributed by atoms with Crippen LogP contribution in [0.4, 0.5) is 0 Å². The summed E-state index contributed by atoms with van der Waals surface area (Å²) in [6, 6.07) is 9.01. The lowest BCUT2D eigenvalue weighted by Gasteiger charge is -2.26.